The van der Waals surface area contributed by atoms with Crippen molar-refractivity contribution in [3.63, 3.8) is 0 Å². The highest BCUT2D eigenvalue weighted by Crippen LogP contribution is 2.11. The van der Waals surface area contributed by atoms with E-state index in [1.807, 2.05) is 0 Å². The van der Waals surface area contributed by atoms with Crippen LogP contribution in [0.2, 0.25) is 0 Å². The number of unbranched alkanes of at least 4 members (excludes halogenated alkanes) is 1. The van der Waals surface area contributed by atoms with Crippen molar-refractivity contribution in [1.29, 1.82) is 0 Å². The Morgan fingerprint density at radius 2 is 0.308 bits per heavy atom. The predicted octanol–water partition coefficient (Wildman–Crippen LogP) is -2.45. The molecule has 0 rings (SSSR count). The zero-order chi connectivity index (χ0) is 101. The Morgan fingerprint density at radius 3 is 0.414 bits per heavy atom. The highest BCUT2D eigenvalue weighted by atomic mass is 16.3. The second kappa shape index (κ2) is 66.5. The molecule has 0 unspecified atom stereocenters. The predicted molar refractivity (Wildman–Crippen MR) is 493 cm³/mol. The lowest BCUT2D eigenvalue weighted by Crippen LogP contribution is -2.49. The van der Waals surface area contributed by atoms with E-state index in [1.165, 1.54) is 236 Å². The number of rotatable bonds is 67. The molecule has 0 saturated carbocycles. The summed E-state index contributed by atoms with van der Waals surface area (Å²) in [6.07, 6.45) is 1.31. The van der Waals surface area contributed by atoms with Crippen molar-refractivity contribution >= 4 is 124 Å². The monoisotopic (exact) mass is 1890 g/mol. The molecule has 0 spiro atoms. The molecule has 0 aliphatic rings. The van der Waals surface area contributed by atoms with Gasteiger partial charge in [-0.1, -0.05) is 5.11 Å². The van der Waals surface area contributed by atoms with Crippen LogP contribution in [0.4, 0.5) is 0 Å². The molecule has 2 N–H and O–H groups in total. The van der Waals surface area contributed by atoms with Gasteiger partial charge in [0.05, 0.1) is 6.61 Å². The summed E-state index contributed by atoms with van der Waals surface area (Å²) in [4.78, 5) is 303. The summed E-state index contributed by atoms with van der Waals surface area (Å²) in [6, 6.07) is 0. The minimum absolute atomic E-state index is 0.0351. The molecule has 133 heavy (non-hydrogen) atoms. The Kier molecular flexibility index (Phi) is 60.6. The number of hydrogen-bond donors (Lipinski definition) is 2. The third kappa shape index (κ3) is 52.3. The van der Waals surface area contributed by atoms with E-state index in [2.05, 4.69) is 15.3 Å². The van der Waals surface area contributed by atoms with Gasteiger partial charge in [-0.05, 0) is 18.4 Å². The van der Waals surface area contributed by atoms with Gasteiger partial charge in [0.1, 0.15) is 0 Å². The summed E-state index contributed by atoms with van der Waals surface area (Å²) < 4.78 is 0. The molecule has 21 amide bonds. The smallest absolute Gasteiger partial charge is 0.220 e. The van der Waals surface area contributed by atoms with Crippen LogP contribution in [0.3, 0.4) is 0 Å². The number of carbonyl (C=O) groups is 21. The van der Waals surface area contributed by atoms with Crippen LogP contribution in [0.25, 0.3) is 10.4 Å². The molecule has 0 aliphatic heterocycles. The molecule has 0 aromatic heterocycles. The second-order valence-electron chi connectivity index (χ2n) is 32.6. The maximum absolute atomic E-state index is 13.1. The number of carbonyl (C=O) groups excluding carboxylic acids is 21. The molecule has 0 aromatic carbocycles. The average Bonchev–Trinajstić information content (AvgIpc) is 0.898. The SMILES string of the molecule is CC(=O)N(CCO)CCN(CCN(CCN(CCN(CCN(CCN(CCN(CCN(CCN(CCN(CCN(CCN(CCN(CCN(CCN(CCN(CCN(CCN(CCN(CCNC(=O)CCCCN=[N+]=[N-])C(C)=O)C(C)=O)C(C)=O)C(C)=O)C(C)=O)C(C)=O)C(C)=O)C(C)=O)C(C)=O)C(C)=O)C(C)=O)C(C)=O)C(C)=O)C(C)=O)C(C)=O)C(C)=O)C(C)=O)C(C)=O)C(C)=O. The first-order valence-corrected chi connectivity index (χ1v) is 45.4. The van der Waals surface area contributed by atoms with Crippen LogP contribution in [-0.2, 0) is 101 Å². The standard InChI is InChI=1S/C87H154N24O22/c1-67(113)92(26-25-89-87(133)23-21-22-24-90-91-88)27-28-93(68(2)114)29-30-94(69(3)115)31-32-95(70(4)116)33-34-96(71(5)117)35-36-97(72(6)118)37-38-98(73(7)119)39-40-99(74(8)120)41-42-100(75(9)121)43-44-101(76(10)122)45-46-102(77(11)123)47-48-103(78(12)124)49-50-104(79(13)125)51-52-105(80(14)126)53-54-106(81(15)127)55-56-107(82(16)128)57-58-108(83(17)129)59-60-109(84(18)130)61-62-110(85(19)131)63-64-111(65-66-112)86(20)132/h112H,21-66H2,1-20H3,(H,89,133). The van der Waals surface area contributed by atoms with Gasteiger partial charge in [-0.25, -0.2) is 0 Å². The summed E-state index contributed by atoms with van der Waals surface area (Å²) in [5.41, 5.74) is 8.43. The number of aliphatic hydroxyl groups excluding tert-OH is 1. The summed E-state index contributed by atoms with van der Waals surface area (Å²) in [6.45, 7) is 30.3. The van der Waals surface area contributed by atoms with Gasteiger partial charge in [0, 0.05) is 425 Å². The first kappa shape index (κ1) is 121. The van der Waals surface area contributed by atoms with E-state index >= 15 is 0 Å². The van der Waals surface area contributed by atoms with E-state index in [0.717, 1.165) is 0 Å². The molecule has 0 radical (unpaired) electrons. The first-order valence-electron chi connectivity index (χ1n) is 45.4. The Hall–Kier alpha value is -11.9. The lowest BCUT2D eigenvalue weighted by molar-refractivity contribution is -0.136. The highest BCUT2D eigenvalue weighted by Gasteiger charge is 2.28. The quantitative estimate of drug-likeness (QED) is 0.0276. The average molecular weight is 1890 g/mol. The molecule has 754 valence electrons. The maximum atomic E-state index is 13.1. The Morgan fingerprint density at radius 1 is 0.195 bits per heavy atom. The van der Waals surface area contributed by atoms with Crippen molar-refractivity contribution in [1.82, 2.24) is 103 Å². The molecular weight excluding hydrogens is 1730 g/mol. The van der Waals surface area contributed by atoms with Gasteiger partial charge in [0.2, 0.25) is 124 Å². The van der Waals surface area contributed by atoms with Gasteiger partial charge in [-0.3, -0.25) is 101 Å². The highest BCUT2D eigenvalue weighted by molar-refractivity contribution is 5.82. The van der Waals surface area contributed by atoms with E-state index in [9.17, 15) is 106 Å². The lowest BCUT2D eigenvalue weighted by atomic mass is 10.2. The topological polar surface area (TPSA) is 504 Å². The van der Waals surface area contributed by atoms with Crippen LogP contribution in [-0.4, -0.2) is 509 Å². The fourth-order valence-corrected chi connectivity index (χ4v) is 14.2. The Balaban J connectivity index is 5.81. The zero-order valence-electron chi connectivity index (χ0n) is 82.8. The fourth-order valence-electron chi connectivity index (χ4n) is 14.2. The minimum atomic E-state index is -0.365. The third-order valence-corrected chi connectivity index (χ3v) is 23.1. The molecular formula is C87H154N24O22. The van der Waals surface area contributed by atoms with Crippen LogP contribution >= 0.6 is 0 Å². The fraction of sp³-hybridized carbons (Fsp3) is 0.759. The number of hydrogen-bond acceptors (Lipinski definition) is 23. The van der Waals surface area contributed by atoms with Crippen molar-refractivity contribution in [2.75, 3.05) is 281 Å². The van der Waals surface area contributed by atoms with Crippen LogP contribution in [0.5, 0.6) is 0 Å². The van der Waals surface area contributed by atoms with Gasteiger partial charge in [-0.15, -0.1) is 0 Å². The van der Waals surface area contributed by atoms with Gasteiger partial charge >= 0.3 is 0 Å². The minimum Gasteiger partial charge on any atom is -0.395 e. The van der Waals surface area contributed by atoms with E-state index in [0.29, 0.717) is 12.8 Å². The van der Waals surface area contributed by atoms with Crippen molar-refractivity contribution in [2.45, 2.75) is 158 Å². The third-order valence-electron chi connectivity index (χ3n) is 23.1. The molecule has 46 nitrogen and oxygen atoms in total. The number of aliphatic hydroxyl groups is 1. The van der Waals surface area contributed by atoms with Crippen LogP contribution in [0.1, 0.15) is 158 Å². The van der Waals surface area contributed by atoms with E-state index in [-0.39, 0.29) is 412 Å². The Labute approximate surface area is 784 Å². The number of nitrogens with zero attached hydrogens (tertiary/aromatic N) is 23. The van der Waals surface area contributed by atoms with Gasteiger partial charge in [-0.2, -0.15) is 0 Å². The number of amides is 21. The molecule has 0 aromatic rings. The normalized spacial score (nSPS) is 10.7. The van der Waals surface area contributed by atoms with E-state index in [1.54, 1.807) is 0 Å². The molecule has 0 saturated heterocycles. The molecule has 0 aliphatic carbocycles. The summed E-state index contributed by atoms with van der Waals surface area (Å²) in [5.74, 6) is -6.89. The number of azide groups is 1. The molecule has 0 bridgehead atoms. The van der Waals surface area contributed by atoms with Crippen molar-refractivity contribution in [3.8, 4) is 0 Å². The van der Waals surface area contributed by atoms with Crippen LogP contribution in [0, 0.1) is 0 Å². The first-order chi connectivity index (χ1) is 62.4. The Bertz CT molecular complexity index is 3790. The maximum Gasteiger partial charge on any atom is 0.220 e. The number of nitrogens with one attached hydrogen (secondary N) is 1. The van der Waals surface area contributed by atoms with Crippen LogP contribution < -0.4 is 5.32 Å². The largest absolute Gasteiger partial charge is 0.395 e. The summed E-state index contributed by atoms with van der Waals surface area (Å²) in [7, 11) is 0. The lowest BCUT2D eigenvalue weighted by Gasteiger charge is -2.33. The summed E-state index contributed by atoms with van der Waals surface area (Å²) >= 11 is 0. The summed E-state index contributed by atoms with van der Waals surface area (Å²) in [5, 5.41) is 15.6. The van der Waals surface area contributed by atoms with E-state index in [4.69, 9.17) is 5.53 Å². The van der Waals surface area contributed by atoms with Gasteiger partial charge in [0.25, 0.3) is 0 Å². The van der Waals surface area contributed by atoms with Crippen molar-refractivity contribution < 1.29 is 106 Å². The van der Waals surface area contributed by atoms with Crippen LogP contribution in [0.15, 0.2) is 5.11 Å². The molecule has 46 heteroatoms. The second-order valence-corrected chi connectivity index (χ2v) is 32.6. The molecule has 0 atom stereocenters. The zero-order valence-corrected chi connectivity index (χ0v) is 82.8. The van der Waals surface area contributed by atoms with Crippen molar-refractivity contribution in [3.05, 3.63) is 10.4 Å². The van der Waals surface area contributed by atoms with Gasteiger partial charge < -0.3 is 108 Å². The molecule has 0 fully saturated rings. The van der Waals surface area contributed by atoms with E-state index < -0.39 is 0 Å². The molecule has 0 heterocycles. The van der Waals surface area contributed by atoms with Gasteiger partial charge in [0.15, 0.2) is 0 Å². The van der Waals surface area contributed by atoms with Crippen molar-refractivity contribution in [2.24, 2.45) is 5.11 Å².